The first-order chi connectivity index (χ1) is 5.22. The van der Waals surface area contributed by atoms with Crippen LogP contribution in [0.2, 0.25) is 0 Å². The minimum atomic E-state index is 0.862. The summed E-state index contributed by atoms with van der Waals surface area (Å²) in [6.45, 7) is 6.04. The van der Waals surface area contributed by atoms with Gasteiger partial charge >= 0.3 is 0 Å². The first-order valence-electron chi connectivity index (χ1n) is 3.67. The third-order valence-electron chi connectivity index (χ3n) is 1.23. The van der Waals surface area contributed by atoms with Crippen molar-refractivity contribution < 1.29 is 0 Å². The molecule has 1 rings (SSSR count). The van der Waals surface area contributed by atoms with Gasteiger partial charge in [-0.2, -0.15) is 0 Å². The lowest BCUT2D eigenvalue weighted by Gasteiger charge is -1.99. The molecule has 0 aromatic carbocycles. The summed E-state index contributed by atoms with van der Waals surface area (Å²) >= 11 is 1.75. The maximum absolute atomic E-state index is 4.28. The quantitative estimate of drug-likeness (QED) is 0.500. The van der Waals surface area contributed by atoms with Gasteiger partial charge < -0.3 is 0 Å². The van der Waals surface area contributed by atoms with Crippen LogP contribution in [-0.4, -0.2) is 15.7 Å². The van der Waals surface area contributed by atoms with Crippen LogP contribution in [-0.2, 0) is 0 Å². The predicted octanol–water partition coefficient (Wildman–Crippen LogP) is 2.21. The van der Waals surface area contributed by atoms with Crippen molar-refractivity contribution >= 4 is 11.8 Å². The van der Waals surface area contributed by atoms with E-state index < -0.39 is 0 Å². The second-order valence-corrected chi connectivity index (χ2v) is 3.61. The number of aryl methyl sites for hydroxylation is 2. The van der Waals surface area contributed by atoms with Gasteiger partial charge in [0.15, 0.2) is 0 Å². The van der Waals surface area contributed by atoms with Gasteiger partial charge in [0.05, 0.1) is 5.03 Å². The molecule has 0 N–H and O–H groups in total. The zero-order valence-corrected chi connectivity index (χ0v) is 7.90. The molecule has 1 heterocycles. The topological polar surface area (TPSA) is 25.8 Å². The molecule has 0 fully saturated rings. The Balaban J connectivity index is 2.89. The van der Waals surface area contributed by atoms with E-state index in [4.69, 9.17) is 0 Å². The van der Waals surface area contributed by atoms with E-state index in [1.165, 1.54) is 0 Å². The summed E-state index contributed by atoms with van der Waals surface area (Å²) in [5.74, 6) is 1.93. The average molecular weight is 168 g/mol. The zero-order chi connectivity index (χ0) is 8.27. The van der Waals surface area contributed by atoms with Gasteiger partial charge in [0.1, 0.15) is 5.82 Å². The van der Waals surface area contributed by atoms with Gasteiger partial charge in [-0.3, -0.25) is 0 Å². The SMILES string of the molecule is CCSc1cc(C)nc(C)n1. The molecule has 1 aromatic heterocycles. The fourth-order valence-corrected chi connectivity index (χ4v) is 1.65. The molecule has 0 aliphatic rings. The second-order valence-electron chi connectivity index (χ2n) is 2.33. The number of hydrogen-bond donors (Lipinski definition) is 0. The smallest absolute Gasteiger partial charge is 0.126 e. The first kappa shape index (κ1) is 8.53. The molecule has 0 saturated heterocycles. The Hall–Kier alpha value is -0.570. The molecule has 0 bridgehead atoms. The van der Waals surface area contributed by atoms with Crippen molar-refractivity contribution in [1.82, 2.24) is 9.97 Å². The van der Waals surface area contributed by atoms with Gasteiger partial charge in [0.25, 0.3) is 0 Å². The normalized spacial score (nSPS) is 10.1. The fraction of sp³-hybridized carbons (Fsp3) is 0.500. The maximum atomic E-state index is 4.28. The number of thioether (sulfide) groups is 1. The number of nitrogens with zero attached hydrogens (tertiary/aromatic N) is 2. The Labute approximate surface area is 71.5 Å². The van der Waals surface area contributed by atoms with E-state index in [0.29, 0.717) is 0 Å². The molecule has 3 heteroatoms. The Morgan fingerprint density at radius 1 is 1.36 bits per heavy atom. The minimum Gasteiger partial charge on any atom is -0.238 e. The Kier molecular flexibility index (Phi) is 2.88. The van der Waals surface area contributed by atoms with Crippen LogP contribution < -0.4 is 0 Å². The molecule has 0 saturated carbocycles. The molecule has 0 atom stereocenters. The van der Waals surface area contributed by atoms with E-state index in [2.05, 4.69) is 16.9 Å². The molecule has 2 nitrogen and oxygen atoms in total. The second kappa shape index (κ2) is 3.72. The molecule has 0 spiro atoms. The number of rotatable bonds is 2. The van der Waals surface area contributed by atoms with Crippen LogP contribution in [0, 0.1) is 13.8 Å². The summed E-state index contributed by atoms with van der Waals surface area (Å²) in [5, 5.41) is 1.08. The van der Waals surface area contributed by atoms with E-state index in [1.807, 2.05) is 19.9 Å². The third-order valence-corrected chi connectivity index (χ3v) is 2.03. The van der Waals surface area contributed by atoms with E-state index in [1.54, 1.807) is 11.8 Å². The summed E-state index contributed by atoms with van der Waals surface area (Å²) in [6, 6.07) is 2.02. The molecule has 0 aliphatic carbocycles. The van der Waals surface area contributed by atoms with Crippen molar-refractivity contribution in [2.75, 3.05) is 5.75 Å². The third kappa shape index (κ3) is 2.50. The van der Waals surface area contributed by atoms with Crippen LogP contribution in [0.1, 0.15) is 18.4 Å². The van der Waals surface area contributed by atoms with Gasteiger partial charge in [-0.1, -0.05) is 6.92 Å². The fourth-order valence-electron chi connectivity index (χ4n) is 0.905. The summed E-state index contributed by atoms with van der Waals surface area (Å²) in [6.07, 6.45) is 0. The molecule has 11 heavy (non-hydrogen) atoms. The molecule has 60 valence electrons. The number of aromatic nitrogens is 2. The van der Waals surface area contributed by atoms with Gasteiger partial charge in [-0.05, 0) is 25.7 Å². The van der Waals surface area contributed by atoms with Crippen LogP contribution in [0.25, 0.3) is 0 Å². The lowest BCUT2D eigenvalue weighted by molar-refractivity contribution is 0.937. The monoisotopic (exact) mass is 168 g/mol. The van der Waals surface area contributed by atoms with Crippen LogP contribution in [0.15, 0.2) is 11.1 Å². The van der Waals surface area contributed by atoms with Crippen molar-refractivity contribution in [3.8, 4) is 0 Å². The van der Waals surface area contributed by atoms with Crippen molar-refractivity contribution in [3.05, 3.63) is 17.6 Å². The van der Waals surface area contributed by atoms with Gasteiger partial charge in [0.2, 0.25) is 0 Å². The van der Waals surface area contributed by atoms with E-state index in [-0.39, 0.29) is 0 Å². The Bertz CT molecular complexity index is 228. The van der Waals surface area contributed by atoms with Crippen molar-refractivity contribution in [2.24, 2.45) is 0 Å². The summed E-state index contributed by atoms with van der Waals surface area (Å²) < 4.78 is 0. The molecule has 0 radical (unpaired) electrons. The molecule has 0 aliphatic heterocycles. The van der Waals surface area contributed by atoms with E-state index in [9.17, 15) is 0 Å². The average Bonchev–Trinajstić information content (AvgIpc) is 1.85. The molecular weight excluding hydrogens is 156 g/mol. The van der Waals surface area contributed by atoms with Crippen molar-refractivity contribution in [1.29, 1.82) is 0 Å². The van der Waals surface area contributed by atoms with Crippen LogP contribution in [0.4, 0.5) is 0 Å². The van der Waals surface area contributed by atoms with Gasteiger partial charge in [-0.15, -0.1) is 11.8 Å². The molecule has 1 aromatic rings. The van der Waals surface area contributed by atoms with E-state index >= 15 is 0 Å². The highest BCUT2D eigenvalue weighted by Crippen LogP contribution is 2.14. The summed E-state index contributed by atoms with van der Waals surface area (Å²) in [5.41, 5.74) is 1.05. The predicted molar refractivity (Wildman–Crippen MR) is 47.9 cm³/mol. The molecule has 0 amide bonds. The van der Waals surface area contributed by atoms with Crippen LogP contribution in [0.5, 0.6) is 0 Å². The highest BCUT2D eigenvalue weighted by atomic mass is 32.2. The standard InChI is InChI=1S/C8H12N2S/c1-4-11-8-5-6(2)9-7(3)10-8/h5H,4H2,1-3H3. The van der Waals surface area contributed by atoms with Crippen molar-refractivity contribution in [2.45, 2.75) is 25.8 Å². The first-order valence-corrected chi connectivity index (χ1v) is 4.66. The lowest BCUT2D eigenvalue weighted by Crippen LogP contribution is -1.92. The van der Waals surface area contributed by atoms with Crippen LogP contribution >= 0.6 is 11.8 Å². The summed E-state index contributed by atoms with van der Waals surface area (Å²) in [4.78, 5) is 8.47. The minimum absolute atomic E-state index is 0.862. The lowest BCUT2D eigenvalue weighted by atomic mass is 10.4. The van der Waals surface area contributed by atoms with E-state index in [0.717, 1.165) is 22.3 Å². The van der Waals surface area contributed by atoms with Gasteiger partial charge in [0, 0.05) is 5.69 Å². The number of hydrogen-bond acceptors (Lipinski definition) is 3. The zero-order valence-electron chi connectivity index (χ0n) is 7.09. The van der Waals surface area contributed by atoms with Crippen molar-refractivity contribution in [3.63, 3.8) is 0 Å². The largest absolute Gasteiger partial charge is 0.238 e. The molecule has 0 unspecified atom stereocenters. The maximum Gasteiger partial charge on any atom is 0.126 e. The molecular formula is C8H12N2S. The Morgan fingerprint density at radius 3 is 2.64 bits per heavy atom. The Morgan fingerprint density at radius 2 is 2.09 bits per heavy atom. The highest BCUT2D eigenvalue weighted by molar-refractivity contribution is 7.99. The summed E-state index contributed by atoms with van der Waals surface area (Å²) in [7, 11) is 0. The highest BCUT2D eigenvalue weighted by Gasteiger charge is 1.96. The van der Waals surface area contributed by atoms with Gasteiger partial charge in [-0.25, -0.2) is 9.97 Å². The van der Waals surface area contributed by atoms with Crippen LogP contribution in [0.3, 0.4) is 0 Å².